The number of carbonyl (C=O) groups excluding carboxylic acids is 1. The van der Waals surface area contributed by atoms with Crippen LogP contribution in [0.4, 0.5) is 8.78 Å². The van der Waals surface area contributed by atoms with E-state index >= 15 is 0 Å². The van der Waals surface area contributed by atoms with Crippen molar-refractivity contribution < 1.29 is 13.6 Å². The molecule has 0 fully saturated rings. The fourth-order valence-electron chi connectivity index (χ4n) is 1.61. The van der Waals surface area contributed by atoms with E-state index in [-0.39, 0.29) is 12.2 Å². The Labute approximate surface area is 127 Å². The maximum Gasteiger partial charge on any atom is 0.167 e. The molecule has 0 amide bonds. The Morgan fingerprint density at radius 3 is 2.47 bits per heavy atom. The quantitative estimate of drug-likeness (QED) is 0.549. The van der Waals surface area contributed by atoms with Gasteiger partial charge in [0.2, 0.25) is 0 Å². The standard InChI is InChI=1S/C14H8ClF2IO/c15-10-7-9(2-4-13(10)18)14(19)6-8-1-3-11(16)12(17)5-8/h1-5,7H,6H2. The fourth-order valence-corrected chi connectivity index (χ4v) is 2.12. The van der Waals surface area contributed by atoms with Crippen molar-refractivity contribution in [2.24, 2.45) is 0 Å². The molecule has 0 saturated heterocycles. The van der Waals surface area contributed by atoms with Crippen LogP contribution in [0.25, 0.3) is 0 Å². The average Bonchev–Trinajstić information content (AvgIpc) is 2.37. The van der Waals surface area contributed by atoms with Gasteiger partial charge in [0.25, 0.3) is 0 Å². The molecule has 0 heterocycles. The highest BCUT2D eigenvalue weighted by Crippen LogP contribution is 2.21. The molecule has 5 heteroatoms. The summed E-state index contributed by atoms with van der Waals surface area (Å²) in [5, 5.41) is 0.497. The molecule has 0 aliphatic rings. The van der Waals surface area contributed by atoms with Crippen molar-refractivity contribution in [1.29, 1.82) is 0 Å². The molecule has 0 aliphatic carbocycles. The molecule has 0 spiro atoms. The van der Waals surface area contributed by atoms with Crippen molar-refractivity contribution in [3.05, 3.63) is 67.8 Å². The summed E-state index contributed by atoms with van der Waals surface area (Å²) in [6.07, 6.45) is 0.00806. The normalized spacial score (nSPS) is 10.5. The molecule has 1 nitrogen and oxygen atoms in total. The van der Waals surface area contributed by atoms with Crippen LogP contribution < -0.4 is 0 Å². The number of Topliss-reactive ketones (excluding diaryl/α,β-unsaturated/α-hetero) is 1. The van der Waals surface area contributed by atoms with Gasteiger partial charge in [-0.15, -0.1) is 0 Å². The van der Waals surface area contributed by atoms with E-state index in [0.717, 1.165) is 15.7 Å². The SMILES string of the molecule is O=C(Cc1ccc(F)c(F)c1)c1ccc(I)c(Cl)c1. The molecule has 0 radical (unpaired) electrons. The van der Waals surface area contributed by atoms with Crippen LogP contribution >= 0.6 is 34.2 Å². The first-order valence-corrected chi connectivity index (χ1v) is 6.85. The lowest BCUT2D eigenvalue weighted by molar-refractivity contribution is 0.0993. The molecule has 98 valence electrons. The lowest BCUT2D eigenvalue weighted by Gasteiger charge is -2.04. The van der Waals surface area contributed by atoms with Crippen LogP contribution in [0.3, 0.4) is 0 Å². The monoisotopic (exact) mass is 392 g/mol. The van der Waals surface area contributed by atoms with E-state index in [9.17, 15) is 13.6 Å². The zero-order chi connectivity index (χ0) is 14.0. The average molecular weight is 393 g/mol. The van der Waals surface area contributed by atoms with Crippen LogP contribution in [0.15, 0.2) is 36.4 Å². The summed E-state index contributed by atoms with van der Waals surface area (Å²) in [5.74, 6) is -2.07. The summed E-state index contributed by atoms with van der Waals surface area (Å²) in [7, 11) is 0. The number of hydrogen-bond acceptors (Lipinski definition) is 1. The summed E-state index contributed by atoms with van der Waals surface area (Å²) in [6.45, 7) is 0. The predicted octanol–water partition coefficient (Wildman–Crippen LogP) is 4.65. The van der Waals surface area contributed by atoms with Crippen LogP contribution in [-0.4, -0.2) is 5.78 Å². The van der Waals surface area contributed by atoms with Gasteiger partial charge >= 0.3 is 0 Å². The van der Waals surface area contributed by atoms with Gasteiger partial charge in [-0.3, -0.25) is 4.79 Å². The van der Waals surface area contributed by atoms with E-state index < -0.39 is 11.6 Å². The molecule has 19 heavy (non-hydrogen) atoms. The lowest BCUT2D eigenvalue weighted by Crippen LogP contribution is -2.04. The molecular formula is C14H8ClF2IO. The molecule has 2 aromatic rings. The van der Waals surface area contributed by atoms with Crippen molar-refractivity contribution in [3.63, 3.8) is 0 Å². The third kappa shape index (κ3) is 3.51. The van der Waals surface area contributed by atoms with Crippen LogP contribution in [0.2, 0.25) is 5.02 Å². The highest BCUT2D eigenvalue weighted by Gasteiger charge is 2.11. The zero-order valence-corrected chi connectivity index (χ0v) is 12.5. The van der Waals surface area contributed by atoms with Crippen molar-refractivity contribution >= 4 is 40.0 Å². The molecule has 2 aromatic carbocycles. The Balaban J connectivity index is 2.20. The second kappa shape index (κ2) is 5.96. The van der Waals surface area contributed by atoms with Crippen LogP contribution in [0.1, 0.15) is 15.9 Å². The second-order valence-electron chi connectivity index (χ2n) is 3.98. The Kier molecular flexibility index (Phi) is 4.52. The smallest absolute Gasteiger partial charge is 0.167 e. The van der Waals surface area contributed by atoms with Crippen LogP contribution in [0.5, 0.6) is 0 Å². The van der Waals surface area contributed by atoms with E-state index in [1.807, 2.05) is 0 Å². The Hall–Kier alpha value is -1.01. The minimum Gasteiger partial charge on any atom is -0.294 e. The summed E-state index contributed by atoms with van der Waals surface area (Å²) in [5.41, 5.74) is 0.883. The van der Waals surface area contributed by atoms with Gasteiger partial charge in [0.1, 0.15) is 0 Å². The summed E-state index contributed by atoms with van der Waals surface area (Å²) < 4.78 is 26.7. The van der Waals surface area contributed by atoms with Crippen molar-refractivity contribution in [3.8, 4) is 0 Å². The van der Waals surface area contributed by atoms with E-state index in [2.05, 4.69) is 22.6 Å². The first-order valence-electron chi connectivity index (χ1n) is 5.39. The molecule has 0 bridgehead atoms. The van der Waals surface area contributed by atoms with Crippen LogP contribution in [0, 0.1) is 15.2 Å². The molecular weight excluding hydrogens is 385 g/mol. The van der Waals surface area contributed by atoms with Gasteiger partial charge in [-0.2, -0.15) is 0 Å². The van der Waals surface area contributed by atoms with Gasteiger partial charge in [-0.05, 0) is 52.4 Å². The minimum atomic E-state index is -0.953. The van der Waals surface area contributed by atoms with E-state index in [4.69, 9.17) is 11.6 Å². The van der Waals surface area contributed by atoms with Crippen molar-refractivity contribution in [1.82, 2.24) is 0 Å². The fraction of sp³-hybridized carbons (Fsp3) is 0.0714. The number of ketones is 1. The minimum absolute atomic E-state index is 0.00806. The van der Waals surface area contributed by atoms with Gasteiger partial charge in [0.05, 0.1) is 5.02 Å². The summed E-state index contributed by atoms with van der Waals surface area (Å²) in [6, 6.07) is 8.41. The highest BCUT2D eigenvalue weighted by atomic mass is 127. The Bertz CT molecular complexity index is 643. The number of carbonyl (C=O) groups is 1. The second-order valence-corrected chi connectivity index (χ2v) is 5.55. The summed E-state index contributed by atoms with van der Waals surface area (Å²) in [4.78, 5) is 12.0. The molecule has 2 rings (SSSR count). The Morgan fingerprint density at radius 1 is 1.11 bits per heavy atom. The topological polar surface area (TPSA) is 17.1 Å². The molecule has 0 saturated carbocycles. The third-order valence-corrected chi connectivity index (χ3v) is 4.16. The van der Waals surface area contributed by atoms with Crippen molar-refractivity contribution in [2.75, 3.05) is 0 Å². The number of hydrogen-bond donors (Lipinski definition) is 0. The van der Waals surface area contributed by atoms with Gasteiger partial charge in [-0.1, -0.05) is 23.7 Å². The molecule has 0 aliphatic heterocycles. The third-order valence-electron chi connectivity index (χ3n) is 2.59. The first kappa shape index (κ1) is 14.4. The van der Waals surface area contributed by atoms with E-state index in [1.54, 1.807) is 18.2 Å². The molecule has 0 atom stereocenters. The summed E-state index contributed by atoms with van der Waals surface area (Å²) >= 11 is 8.00. The molecule has 0 aromatic heterocycles. The number of halogens is 4. The van der Waals surface area contributed by atoms with Gasteiger partial charge in [0, 0.05) is 15.6 Å². The number of rotatable bonds is 3. The predicted molar refractivity (Wildman–Crippen MR) is 78.6 cm³/mol. The highest BCUT2D eigenvalue weighted by molar-refractivity contribution is 14.1. The Morgan fingerprint density at radius 2 is 1.84 bits per heavy atom. The van der Waals surface area contributed by atoms with Crippen LogP contribution in [-0.2, 0) is 6.42 Å². The van der Waals surface area contributed by atoms with Gasteiger partial charge < -0.3 is 0 Å². The molecule has 0 N–H and O–H groups in total. The maximum atomic E-state index is 13.0. The lowest BCUT2D eigenvalue weighted by atomic mass is 10.0. The largest absolute Gasteiger partial charge is 0.294 e. The number of benzene rings is 2. The van der Waals surface area contributed by atoms with Crippen molar-refractivity contribution in [2.45, 2.75) is 6.42 Å². The molecule has 0 unspecified atom stereocenters. The van der Waals surface area contributed by atoms with E-state index in [0.29, 0.717) is 16.1 Å². The first-order chi connectivity index (χ1) is 8.97. The maximum absolute atomic E-state index is 13.0. The van der Waals surface area contributed by atoms with Gasteiger partial charge in [-0.25, -0.2) is 8.78 Å². The van der Waals surface area contributed by atoms with Gasteiger partial charge in [0.15, 0.2) is 17.4 Å². The zero-order valence-electron chi connectivity index (χ0n) is 9.59. The van der Waals surface area contributed by atoms with E-state index in [1.165, 1.54) is 6.07 Å².